The van der Waals surface area contributed by atoms with Gasteiger partial charge in [-0.2, -0.15) is 7.11 Å². The standard InChI is InChI=1S/C26H28FN5O3.C25H25ClFN5O2.CH4O.CH3O.Na/c1-26(2)34-21-16(7-5-14-4-6-15-11-18(27)23(28)31-19(15)10-14)12-20(22(21)35-26)32-9-8-17-24(32)29-13-30-25(17)33-3;1-25(2)33-20-15(6-4-13-3-5-14-10-17(27)23(28)31-18(14)9-13)11-19(21(20)34-25)32-8-7-16-22(26)29-12-30-24(16)32;2*1-2;/h4,6,8-11,13,16,20-22H,5,7,12H2,1-3H3,(H2,28,31);3,5,7-10,12,15,19-21H,4,6,11H2,1-2H3,(H2,28,31);2H,1H3;1H3;/q;;;-1;+1/t16-,20+,21+,22-;15-,19+,20+,21-;;;/m00.../s1. The zero-order valence-electron chi connectivity index (χ0n) is 42.7. The third kappa shape index (κ3) is 10.9. The van der Waals surface area contributed by atoms with Crippen LogP contribution in [-0.2, 0) is 31.8 Å². The molecule has 0 amide bonds. The molecule has 6 aromatic heterocycles. The van der Waals surface area contributed by atoms with Crippen LogP contribution in [0.1, 0.15) is 76.6 Å². The van der Waals surface area contributed by atoms with E-state index >= 15 is 0 Å². The molecule has 8 aromatic rings. The number of methoxy groups -OCH3 is 1. The zero-order chi connectivity index (χ0) is 51.9. The summed E-state index contributed by atoms with van der Waals surface area (Å²) in [5.41, 5.74) is 16.7. The molecular formula is C53H60ClF2N10NaO7. The van der Waals surface area contributed by atoms with Crippen LogP contribution in [0.3, 0.4) is 0 Å². The van der Waals surface area contributed by atoms with E-state index in [0.29, 0.717) is 33.9 Å². The molecule has 2 aliphatic heterocycles. The molecule has 4 fully saturated rings. The summed E-state index contributed by atoms with van der Waals surface area (Å²) in [6.07, 6.45) is 12.3. The molecule has 4 aliphatic rings. The summed E-state index contributed by atoms with van der Waals surface area (Å²) in [6.45, 7) is 7.86. The summed E-state index contributed by atoms with van der Waals surface area (Å²) in [4.78, 5) is 25.8. The van der Waals surface area contributed by atoms with E-state index in [0.717, 1.165) is 96.7 Å². The second kappa shape index (κ2) is 22.6. The maximum absolute atomic E-state index is 13.8. The number of hydrogen-bond donors (Lipinski definition) is 3. The second-order valence-corrected chi connectivity index (χ2v) is 19.9. The van der Waals surface area contributed by atoms with Gasteiger partial charge in [-0.15, -0.1) is 0 Å². The number of rotatable bonds is 9. The van der Waals surface area contributed by atoms with Gasteiger partial charge in [-0.05, 0) is 126 Å². The molecule has 8 atom stereocenters. The number of fused-ring (bicyclic) bond motifs is 6. The van der Waals surface area contributed by atoms with Gasteiger partial charge in [0.15, 0.2) is 34.8 Å². The van der Waals surface area contributed by atoms with E-state index in [2.05, 4.69) is 39.0 Å². The number of pyridine rings is 2. The number of nitrogens with zero attached hydrogens (tertiary/aromatic N) is 8. The van der Waals surface area contributed by atoms with Gasteiger partial charge < -0.3 is 54.5 Å². The minimum Gasteiger partial charge on any atom is -0.857 e. The van der Waals surface area contributed by atoms with Gasteiger partial charge >= 0.3 is 29.6 Å². The molecule has 0 bridgehead atoms. The van der Waals surface area contributed by atoms with Gasteiger partial charge in [-0.3, -0.25) is 0 Å². The van der Waals surface area contributed by atoms with Crippen molar-refractivity contribution in [2.75, 3.05) is 32.8 Å². The largest absolute Gasteiger partial charge is 1.00 e. The number of nitrogen functional groups attached to an aromatic ring is 2. The number of aliphatic hydroxyl groups excluding tert-OH is 1. The van der Waals surface area contributed by atoms with Crippen molar-refractivity contribution in [3.05, 3.63) is 114 Å². The molecule has 2 saturated carbocycles. The third-order valence-electron chi connectivity index (χ3n) is 14.3. The van der Waals surface area contributed by atoms with Crippen LogP contribution in [0.2, 0.25) is 5.15 Å². The quantitative estimate of drug-likeness (QED) is 0.127. The molecule has 5 N–H and O–H groups in total. The van der Waals surface area contributed by atoms with Gasteiger partial charge in [-0.1, -0.05) is 35.9 Å². The maximum Gasteiger partial charge on any atom is 1.00 e. The van der Waals surface area contributed by atoms with Crippen molar-refractivity contribution in [3.63, 3.8) is 0 Å². The predicted octanol–water partition coefficient (Wildman–Crippen LogP) is 5.08. The predicted molar refractivity (Wildman–Crippen MR) is 271 cm³/mol. The van der Waals surface area contributed by atoms with Crippen molar-refractivity contribution in [1.82, 2.24) is 39.0 Å². The van der Waals surface area contributed by atoms with Crippen molar-refractivity contribution in [2.24, 2.45) is 11.8 Å². The first-order valence-corrected chi connectivity index (χ1v) is 24.6. The molecule has 0 radical (unpaired) electrons. The average molecular weight is 1050 g/mol. The number of aliphatic hydroxyl groups is 1. The molecule has 12 rings (SSSR count). The molecule has 21 heteroatoms. The Morgan fingerprint density at radius 1 is 0.662 bits per heavy atom. The topological polar surface area (TPSA) is 229 Å². The summed E-state index contributed by atoms with van der Waals surface area (Å²) in [5.74, 6) is -1.25. The zero-order valence-corrected chi connectivity index (χ0v) is 45.5. The molecular weight excluding hydrogens is 985 g/mol. The average Bonchev–Trinajstić information content (AvgIpc) is 4.24. The van der Waals surface area contributed by atoms with Crippen LogP contribution in [0.4, 0.5) is 20.4 Å². The van der Waals surface area contributed by atoms with Crippen LogP contribution in [0.5, 0.6) is 5.88 Å². The van der Waals surface area contributed by atoms with E-state index in [1.54, 1.807) is 7.11 Å². The summed E-state index contributed by atoms with van der Waals surface area (Å²) in [5, 5.41) is 18.9. The van der Waals surface area contributed by atoms with Crippen molar-refractivity contribution in [2.45, 2.75) is 114 Å². The Bertz CT molecular complexity index is 3270. The summed E-state index contributed by atoms with van der Waals surface area (Å²) >= 11 is 6.29. The van der Waals surface area contributed by atoms with Crippen molar-refractivity contribution in [3.8, 4) is 5.88 Å². The smallest absolute Gasteiger partial charge is 0.857 e. The van der Waals surface area contributed by atoms with Gasteiger partial charge in [0.25, 0.3) is 0 Å². The van der Waals surface area contributed by atoms with Crippen LogP contribution in [0.25, 0.3) is 43.9 Å². The first kappa shape index (κ1) is 55.1. The van der Waals surface area contributed by atoms with Crippen LogP contribution >= 0.6 is 11.6 Å². The van der Waals surface area contributed by atoms with E-state index in [1.807, 2.05) is 88.6 Å². The molecule has 2 aliphatic carbocycles. The fourth-order valence-electron chi connectivity index (χ4n) is 11.2. The maximum atomic E-state index is 13.8. The number of hydrogen-bond acceptors (Lipinski definition) is 15. The molecule has 17 nitrogen and oxygen atoms in total. The van der Waals surface area contributed by atoms with Gasteiger partial charge in [0.1, 0.15) is 41.3 Å². The Morgan fingerprint density at radius 2 is 1.09 bits per heavy atom. The summed E-state index contributed by atoms with van der Waals surface area (Å²) in [6, 6.07) is 18.8. The molecule has 2 saturated heterocycles. The second-order valence-electron chi connectivity index (χ2n) is 19.6. The SMILES string of the molecule is CC1(C)O[C@@H]2[C@@H](CCc3ccc4cc(F)c(N)nc4c3)C[C@@H](n3ccc4c(Cl)ncnc43)[C@@H]2O1.CO.COc1ncnc2c1ccn2[C@@H]1C[C@H](CCc2ccc3cc(F)c(N)nc3c2)[C@H]2OC(C)(C)O[C@H]21.C[O-].[Na+]. The molecule has 2 aromatic carbocycles. The van der Waals surface area contributed by atoms with Crippen molar-refractivity contribution >= 4 is 67.1 Å². The first-order valence-electron chi connectivity index (χ1n) is 24.2. The van der Waals surface area contributed by atoms with Crippen molar-refractivity contribution in [1.29, 1.82) is 0 Å². The van der Waals surface area contributed by atoms with E-state index in [-0.39, 0.29) is 77.7 Å². The molecule has 386 valence electrons. The van der Waals surface area contributed by atoms with Crippen molar-refractivity contribution < 1.29 is 72.2 Å². The monoisotopic (exact) mass is 1040 g/mol. The summed E-state index contributed by atoms with van der Waals surface area (Å²) in [7, 11) is 3.37. The molecule has 74 heavy (non-hydrogen) atoms. The Labute approximate surface area is 454 Å². The van der Waals surface area contributed by atoms with Crippen LogP contribution in [-0.4, -0.2) is 101 Å². The fourth-order valence-corrected chi connectivity index (χ4v) is 11.4. The number of nitrogens with two attached hydrogens (primary N) is 2. The number of aryl methyl sites for hydroxylation is 2. The Morgan fingerprint density at radius 3 is 1.57 bits per heavy atom. The normalized spacial score (nSPS) is 24.1. The first-order chi connectivity index (χ1) is 35.1. The van der Waals surface area contributed by atoms with Gasteiger partial charge in [-0.25, -0.2) is 38.7 Å². The molecule has 0 unspecified atom stereocenters. The molecule has 0 spiro atoms. The van der Waals surface area contributed by atoms with E-state index in [1.165, 1.54) is 24.8 Å². The molecule has 8 heterocycles. The van der Waals surface area contributed by atoms with E-state index in [4.69, 9.17) is 57.0 Å². The van der Waals surface area contributed by atoms with Crippen LogP contribution in [0, 0.1) is 23.5 Å². The third-order valence-corrected chi connectivity index (χ3v) is 14.6. The number of ether oxygens (including phenoxy) is 5. The van der Waals surface area contributed by atoms with Crippen LogP contribution in [0.15, 0.2) is 85.7 Å². The number of aromatic nitrogens is 8. The van der Waals surface area contributed by atoms with Gasteiger partial charge in [0.05, 0.1) is 53.2 Å². The minimum absolute atomic E-state index is 0. The van der Waals surface area contributed by atoms with Gasteiger partial charge in [0, 0.05) is 30.3 Å². The van der Waals surface area contributed by atoms with Crippen LogP contribution < -0.4 is 50.9 Å². The van der Waals surface area contributed by atoms with E-state index in [9.17, 15) is 8.78 Å². The number of anilines is 2. The Hall–Kier alpha value is -5.19. The Balaban J connectivity index is 0.000000183. The fraction of sp³-hybridized carbons (Fsp3) is 0.434. The number of benzene rings is 2. The minimum atomic E-state index is -0.643. The van der Waals surface area contributed by atoms with E-state index < -0.39 is 23.2 Å². The summed E-state index contributed by atoms with van der Waals surface area (Å²) < 4.78 is 62.8. The van der Waals surface area contributed by atoms with Gasteiger partial charge in [0.2, 0.25) is 5.88 Å². The Kier molecular flexibility index (Phi) is 16.8. The number of halogens is 3.